The fourth-order valence-electron chi connectivity index (χ4n) is 3.10. The summed E-state index contributed by atoms with van der Waals surface area (Å²) in [7, 11) is 0. The quantitative estimate of drug-likeness (QED) is 0.620. The lowest BCUT2D eigenvalue weighted by molar-refractivity contribution is -0.137. The number of aryl methyl sites for hydroxylation is 3. The maximum absolute atomic E-state index is 12.7. The highest BCUT2D eigenvalue weighted by Crippen LogP contribution is 2.30. The number of carbonyl (C=O) groups is 1. The standard InChI is InChI=1S/C21H20F3N3O2/c1-15-25-11-13-26(15)12-10-17-4-2-3-5-19(17)27(20(28)29)14-16-6-8-18(9-7-16)21(22,23)24/h2-9,11,13H,10,12,14H2,1H3,(H,28,29). The highest BCUT2D eigenvalue weighted by atomic mass is 19.4. The van der Waals surface area contributed by atoms with E-state index in [-0.39, 0.29) is 6.54 Å². The molecule has 0 aliphatic carbocycles. The van der Waals surface area contributed by atoms with Crippen LogP contribution in [0.3, 0.4) is 0 Å². The summed E-state index contributed by atoms with van der Waals surface area (Å²) in [5.74, 6) is 0.863. The van der Waals surface area contributed by atoms with Crippen LogP contribution >= 0.6 is 0 Å². The number of carboxylic acid groups (broad SMARTS) is 1. The van der Waals surface area contributed by atoms with Gasteiger partial charge >= 0.3 is 12.3 Å². The number of nitrogens with zero attached hydrogens (tertiary/aromatic N) is 3. The molecule has 152 valence electrons. The number of para-hydroxylation sites is 1. The van der Waals surface area contributed by atoms with Crippen molar-refractivity contribution in [1.82, 2.24) is 9.55 Å². The van der Waals surface area contributed by atoms with Crippen LogP contribution in [-0.4, -0.2) is 20.8 Å². The summed E-state index contributed by atoms with van der Waals surface area (Å²) >= 11 is 0. The first-order valence-electron chi connectivity index (χ1n) is 8.98. The molecule has 3 aromatic rings. The second kappa shape index (κ2) is 8.38. The van der Waals surface area contributed by atoms with Crippen LogP contribution in [0.4, 0.5) is 23.7 Å². The number of hydrogen-bond donors (Lipinski definition) is 1. The van der Waals surface area contributed by atoms with Crippen molar-refractivity contribution in [2.45, 2.75) is 32.6 Å². The van der Waals surface area contributed by atoms with Gasteiger partial charge in [-0.25, -0.2) is 9.78 Å². The monoisotopic (exact) mass is 403 g/mol. The molecule has 1 aromatic heterocycles. The minimum atomic E-state index is -4.43. The van der Waals surface area contributed by atoms with Crippen molar-refractivity contribution in [2.75, 3.05) is 4.90 Å². The van der Waals surface area contributed by atoms with Crippen molar-refractivity contribution in [3.05, 3.63) is 83.4 Å². The van der Waals surface area contributed by atoms with Crippen molar-refractivity contribution < 1.29 is 23.1 Å². The fourth-order valence-corrected chi connectivity index (χ4v) is 3.10. The van der Waals surface area contributed by atoms with E-state index in [1.807, 2.05) is 29.8 Å². The van der Waals surface area contributed by atoms with E-state index in [4.69, 9.17) is 0 Å². The molecule has 0 bridgehead atoms. The Labute approximate surface area is 166 Å². The Morgan fingerprint density at radius 3 is 2.41 bits per heavy atom. The number of alkyl halides is 3. The first-order valence-corrected chi connectivity index (χ1v) is 8.98. The highest BCUT2D eigenvalue weighted by molar-refractivity contribution is 5.87. The van der Waals surface area contributed by atoms with Gasteiger partial charge in [0.05, 0.1) is 17.8 Å². The highest BCUT2D eigenvalue weighted by Gasteiger charge is 2.30. The number of anilines is 1. The Hall–Kier alpha value is -3.29. The smallest absolute Gasteiger partial charge is 0.416 e. The van der Waals surface area contributed by atoms with E-state index in [9.17, 15) is 23.1 Å². The summed E-state index contributed by atoms with van der Waals surface area (Å²) in [5.41, 5.74) is 1.05. The maximum atomic E-state index is 12.7. The topological polar surface area (TPSA) is 58.4 Å². The van der Waals surface area contributed by atoms with Gasteiger partial charge in [0.25, 0.3) is 0 Å². The molecule has 0 saturated heterocycles. The van der Waals surface area contributed by atoms with Crippen molar-refractivity contribution in [3.63, 3.8) is 0 Å². The van der Waals surface area contributed by atoms with Gasteiger partial charge in [-0.1, -0.05) is 30.3 Å². The zero-order valence-corrected chi connectivity index (χ0v) is 15.7. The van der Waals surface area contributed by atoms with Crippen LogP contribution in [0.25, 0.3) is 0 Å². The van der Waals surface area contributed by atoms with Gasteiger partial charge in [-0.3, -0.25) is 4.90 Å². The predicted octanol–water partition coefficient (Wildman–Crippen LogP) is 5.14. The number of rotatable bonds is 6. The molecular formula is C21H20F3N3O2. The molecule has 0 radical (unpaired) electrons. The number of benzene rings is 2. The average molecular weight is 403 g/mol. The van der Waals surface area contributed by atoms with E-state index < -0.39 is 17.8 Å². The van der Waals surface area contributed by atoms with Gasteiger partial charge in [-0.15, -0.1) is 0 Å². The Morgan fingerprint density at radius 2 is 1.83 bits per heavy atom. The van der Waals surface area contributed by atoms with E-state index in [1.165, 1.54) is 12.1 Å². The normalized spacial score (nSPS) is 11.4. The maximum Gasteiger partial charge on any atom is 0.416 e. The van der Waals surface area contributed by atoms with Crippen molar-refractivity contribution in [3.8, 4) is 0 Å². The number of aromatic nitrogens is 2. The zero-order chi connectivity index (χ0) is 21.0. The Kier molecular flexibility index (Phi) is 5.91. The molecule has 29 heavy (non-hydrogen) atoms. The second-order valence-corrected chi connectivity index (χ2v) is 6.61. The minimum Gasteiger partial charge on any atom is -0.465 e. The van der Waals surface area contributed by atoms with Gasteiger partial charge in [0.15, 0.2) is 0 Å². The van der Waals surface area contributed by atoms with E-state index >= 15 is 0 Å². The SMILES string of the molecule is Cc1nccn1CCc1ccccc1N(Cc1ccc(C(F)(F)F)cc1)C(=O)O. The summed E-state index contributed by atoms with van der Waals surface area (Å²) in [6.07, 6.45) is -1.45. The van der Waals surface area contributed by atoms with E-state index in [0.29, 0.717) is 24.2 Å². The summed E-state index contributed by atoms with van der Waals surface area (Å²) in [4.78, 5) is 17.2. The van der Waals surface area contributed by atoms with Gasteiger partial charge in [0.2, 0.25) is 0 Å². The van der Waals surface area contributed by atoms with Crippen molar-refractivity contribution in [1.29, 1.82) is 0 Å². The first-order chi connectivity index (χ1) is 13.8. The van der Waals surface area contributed by atoms with Crippen LogP contribution in [0.2, 0.25) is 0 Å². The molecule has 0 aliphatic heterocycles. The summed E-state index contributed by atoms with van der Waals surface area (Å²) < 4.78 is 40.2. The third-order valence-corrected chi connectivity index (χ3v) is 4.68. The third-order valence-electron chi connectivity index (χ3n) is 4.68. The number of amides is 1. The molecule has 0 spiro atoms. The van der Waals surface area contributed by atoms with E-state index in [2.05, 4.69) is 4.98 Å². The Morgan fingerprint density at radius 1 is 1.14 bits per heavy atom. The molecule has 0 atom stereocenters. The van der Waals surface area contributed by atoms with Crippen LogP contribution < -0.4 is 4.90 Å². The molecule has 5 nitrogen and oxygen atoms in total. The van der Waals surface area contributed by atoms with Gasteiger partial charge in [-0.2, -0.15) is 13.2 Å². The minimum absolute atomic E-state index is 0.0470. The molecule has 0 fully saturated rings. The predicted molar refractivity (Wildman–Crippen MR) is 103 cm³/mol. The molecule has 1 heterocycles. The van der Waals surface area contributed by atoms with Gasteiger partial charge in [0.1, 0.15) is 5.82 Å². The molecule has 0 aliphatic rings. The molecule has 8 heteroatoms. The molecule has 1 N–H and O–H groups in total. The lowest BCUT2D eigenvalue weighted by Crippen LogP contribution is -2.29. The lowest BCUT2D eigenvalue weighted by Gasteiger charge is -2.23. The van der Waals surface area contributed by atoms with Gasteiger partial charge in [-0.05, 0) is 42.7 Å². The Bertz CT molecular complexity index is 981. The molecular weight excluding hydrogens is 383 g/mol. The molecule has 0 unspecified atom stereocenters. The van der Waals surface area contributed by atoms with Crippen LogP contribution in [0.15, 0.2) is 60.9 Å². The summed E-state index contributed by atoms with van der Waals surface area (Å²) in [6.45, 7) is 2.48. The molecule has 2 aromatic carbocycles. The van der Waals surface area contributed by atoms with Gasteiger partial charge in [0, 0.05) is 18.9 Å². The largest absolute Gasteiger partial charge is 0.465 e. The number of imidazole rings is 1. The molecule has 0 saturated carbocycles. The third kappa shape index (κ3) is 4.96. The van der Waals surface area contributed by atoms with Crippen molar-refractivity contribution >= 4 is 11.8 Å². The zero-order valence-electron chi connectivity index (χ0n) is 15.7. The summed E-state index contributed by atoms with van der Waals surface area (Å²) in [6, 6.07) is 11.7. The average Bonchev–Trinajstić information content (AvgIpc) is 3.09. The Balaban J connectivity index is 1.82. The van der Waals surface area contributed by atoms with E-state index in [0.717, 1.165) is 28.4 Å². The summed E-state index contributed by atoms with van der Waals surface area (Å²) in [5, 5.41) is 9.72. The number of halogens is 3. The lowest BCUT2D eigenvalue weighted by atomic mass is 10.1. The van der Waals surface area contributed by atoms with Crippen molar-refractivity contribution in [2.24, 2.45) is 0 Å². The van der Waals surface area contributed by atoms with E-state index in [1.54, 1.807) is 18.3 Å². The second-order valence-electron chi connectivity index (χ2n) is 6.61. The van der Waals surface area contributed by atoms with Crippen LogP contribution in [0.5, 0.6) is 0 Å². The fraction of sp³-hybridized carbons (Fsp3) is 0.238. The van der Waals surface area contributed by atoms with Crippen LogP contribution in [-0.2, 0) is 25.7 Å². The number of hydrogen-bond acceptors (Lipinski definition) is 2. The van der Waals surface area contributed by atoms with Gasteiger partial charge < -0.3 is 9.67 Å². The first kappa shape index (κ1) is 20.4. The molecule has 1 amide bonds. The van der Waals surface area contributed by atoms with Crippen LogP contribution in [0, 0.1) is 6.92 Å². The van der Waals surface area contributed by atoms with Crippen LogP contribution in [0.1, 0.15) is 22.5 Å². The molecule has 3 rings (SSSR count).